The smallest absolute Gasteiger partial charge is 0.141 e. The first-order valence-electron chi connectivity index (χ1n) is 4.76. The molecule has 0 spiro atoms. The normalized spacial score (nSPS) is 31.8. The van der Waals surface area contributed by atoms with Gasteiger partial charge in [0, 0.05) is 26.1 Å². The zero-order valence-corrected chi connectivity index (χ0v) is 7.61. The van der Waals surface area contributed by atoms with Crippen LogP contribution in [0.4, 0.5) is 0 Å². The van der Waals surface area contributed by atoms with Crippen LogP contribution in [-0.2, 0) is 9.53 Å². The molecular formula is C9H15NO3. The van der Waals surface area contributed by atoms with Gasteiger partial charge in [0.1, 0.15) is 5.78 Å². The van der Waals surface area contributed by atoms with Gasteiger partial charge in [0.2, 0.25) is 0 Å². The third-order valence-electron chi connectivity index (χ3n) is 2.68. The van der Waals surface area contributed by atoms with Crippen molar-refractivity contribution >= 4 is 5.78 Å². The molecule has 0 aromatic carbocycles. The van der Waals surface area contributed by atoms with Crippen LogP contribution in [0.15, 0.2) is 0 Å². The molecule has 0 bridgehead atoms. The largest absolute Gasteiger partial charge is 0.390 e. The summed E-state index contributed by atoms with van der Waals surface area (Å²) in [6.45, 7) is 3.33. The number of hydrogen-bond donors (Lipinski definition) is 1. The summed E-state index contributed by atoms with van der Waals surface area (Å²) in [4.78, 5) is 13.5. The Morgan fingerprint density at radius 1 is 1.54 bits per heavy atom. The van der Waals surface area contributed by atoms with Crippen LogP contribution in [0.1, 0.15) is 6.42 Å². The van der Waals surface area contributed by atoms with Crippen LogP contribution in [-0.4, -0.2) is 54.7 Å². The highest BCUT2D eigenvalue weighted by Gasteiger charge is 2.30. The van der Waals surface area contributed by atoms with Crippen molar-refractivity contribution < 1.29 is 14.6 Å². The van der Waals surface area contributed by atoms with Gasteiger partial charge >= 0.3 is 0 Å². The maximum absolute atomic E-state index is 11.4. The van der Waals surface area contributed by atoms with E-state index in [1.54, 1.807) is 0 Å². The van der Waals surface area contributed by atoms with Crippen LogP contribution in [0.3, 0.4) is 0 Å². The molecule has 0 radical (unpaired) electrons. The van der Waals surface area contributed by atoms with Gasteiger partial charge < -0.3 is 9.84 Å². The molecule has 2 heterocycles. The van der Waals surface area contributed by atoms with Gasteiger partial charge in [-0.25, -0.2) is 0 Å². The van der Waals surface area contributed by atoms with E-state index >= 15 is 0 Å². The van der Waals surface area contributed by atoms with Crippen molar-refractivity contribution in [1.82, 2.24) is 4.90 Å². The molecule has 4 nitrogen and oxygen atoms in total. The molecule has 0 aromatic rings. The lowest BCUT2D eigenvalue weighted by atomic mass is 9.98. The van der Waals surface area contributed by atoms with E-state index in [0.29, 0.717) is 38.5 Å². The second-order valence-corrected chi connectivity index (χ2v) is 3.86. The van der Waals surface area contributed by atoms with Gasteiger partial charge in [-0.2, -0.15) is 0 Å². The van der Waals surface area contributed by atoms with Crippen LogP contribution < -0.4 is 0 Å². The molecule has 2 rings (SSSR count). The topological polar surface area (TPSA) is 49.8 Å². The van der Waals surface area contributed by atoms with Gasteiger partial charge in [-0.05, 0) is 0 Å². The SMILES string of the molecule is O=C1CCOCC1CN1CC(O)C1. The average Bonchev–Trinajstić information content (AvgIpc) is 2.06. The molecule has 2 aliphatic heterocycles. The Balaban J connectivity index is 1.76. The minimum Gasteiger partial charge on any atom is -0.390 e. The van der Waals surface area contributed by atoms with Crippen molar-refractivity contribution in [2.24, 2.45) is 5.92 Å². The van der Waals surface area contributed by atoms with Crippen LogP contribution in [0.2, 0.25) is 0 Å². The Kier molecular flexibility index (Phi) is 2.62. The Bertz CT molecular complexity index is 201. The maximum atomic E-state index is 11.4. The second-order valence-electron chi connectivity index (χ2n) is 3.86. The Morgan fingerprint density at radius 2 is 2.31 bits per heavy atom. The molecular weight excluding hydrogens is 170 g/mol. The maximum Gasteiger partial charge on any atom is 0.141 e. The van der Waals surface area contributed by atoms with Crippen molar-refractivity contribution in [3.8, 4) is 0 Å². The van der Waals surface area contributed by atoms with Crippen molar-refractivity contribution in [2.75, 3.05) is 32.8 Å². The van der Waals surface area contributed by atoms with Gasteiger partial charge in [-0.3, -0.25) is 9.69 Å². The highest BCUT2D eigenvalue weighted by Crippen LogP contribution is 2.15. The number of carbonyl (C=O) groups is 1. The molecule has 0 aromatic heterocycles. The number of rotatable bonds is 2. The molecule has 2 aliphatic rings. The number of aliphatic hydroxyl groups excluding tert-OH is 1. The van der Waals surface area contributed by atoms with Gasteiger partial charge in [0.15, 0.2) is 0 Å². The fourth-order valence-electron chi connectivity index (χ4n) is 1.85. The van der Waals surface area contributed by atoms with Crippen LogP contribution in [0, 0.1) is 5.92 Å². The molecule has 0 aliphatic carbocycles. The molecule has 1 unspecified atom stereocenters. The molecule has 1 N–H and O–H groups in total. The summed E-state index contributed by atoms with van der Waals surface area (Å²) >= 11 is 0. The molecule has 2 saturated heterocycles. The summed E-state index contributed by atoms with van der Waals surface area (Å²) in [5, 5.41) is 9.06. The molecule has 0 saturated carbocycles. The molecule has 1 atom stereocenters. The monoisotopic (exact) mass is 185 g/mol. The molecule has 74 valence electrons. The zero-order chi connectivity index (χ0) is 9.26. The third kappa shape index (κ3) is 2.07. The number of hydrogen-bond acceptors (Lipinski definition) is 4. The highest BCUT2D eigenvalue weighted by atomic mass is 16.5. The van der Waals surface area contributed by atoms with Crippen molar-refractivity contribution in [3.63, 3.8) is 0 Å². The number of nitrogens with zero attached hydrogens (tertiary/aromatic N) is 1. The number of Topliss-reactive ketones (excluding diaryl/α,β-unsaturated/α-hetero) is 1. The molecule has 2 fully saturated rings. The van der Waals surface area contributed by atoms with Crippen molar-refractivity contribution in [1.29, 1.82) is 0 Å². The van der Waals surface area contributed by atoms with E-state index in [-0.39, 0.29) is 12.0 Å². The van der Waals surface area contributed by atoms with E-state index < -0.39 is 0 Å². The minimum absolute atomic E-state index is 0.0428. The summed E-state index contributed by atoms with van der Waals surface area (Å²) in [6, 6.07) is 0. The first-order valence-corrected chi connectivity index (χ1v) is 4.76. The van der Waals surface area contributed by atoms with E-state index in [2.05, 4.69) is 4.90 Å². The fourth-order valence-corrected chi connectivity index (χ4v) is 1.85. The highest BCUT2D eigenvalue weighted by molar-refractivity contribution is 5.82. The number of likely N-dealkylation sites (tertiary alicyclic amines) is 1. The van der Waals surface area contributed by atoms with E-state index in [1.165, 1.54) is 0 Å². The van der Waals surface area contributed by atoms with Crippen LogP contribution in [0.5, 0.6) is 0 Å². The van der Waals surface area contributed by atoms with Gasteiger partial charge in [-0.15, -0.1) is 0 Å². The second kappa shape index (κ2) is 3.74. The van der Waals surface area contributed by atoms with E-state index in [1.807, 2.05) is 0 Å². The van der Waals surface area contributed by atoms with Gasteiger partial charge in [-0.1, -0.05) is 0 Å². The summed E-state index contributed by atoms with van der Waals surface area (Å²) in [5.41, 5.74) is 0. The van der Waals surface area contributed by atoms with Crippen molar-refractivity contribution in [2.45, 2.75) is 12.5 Å². The summed E-state index contributed by atoms with van der Waals surface area (Å²) < 4.78 is 5.24. The predicted molar refractivity (Wildman–Crippen MR) is 46.4 cm³/mol. The van der Waals surface area contributed by atoms with Crippen molar-refractivity contribution in [3.05, 3.63) is 0 Å². The first-order chi connectivity index (χ1) is 6.25. The number of ether oxygens (including phenoxy) is 1. The fraction of sp³-hybridized carbons (Fsp3) is 0.889. The number of β-amino-alcohol motifs (C(OH)–C–C–N with tert-alkyl or cyclic N) is 1. The Morgan fingerprint density at radius 3 is 2.92 bits per heavy atom. The van der Waals surface area contributed by atoms with Gasteiger partial charge in [0.25, 0.3) is 0 Å². The zero-order valence-electron chi connectivity index (χ0n) is 7.61. The van der Waals surface area contributed by atoms with E-state index in [0.717, 1.165) is 6.54 Å². The minimum atomic E-state index is -0.181. The summed E-state index contributed by atoms with van der Waals surface area (Å²) in [6.07, 6.45) is 0.376. The third-order valence-corrected chi connectivity index (χ3v) is 2.68. The van der Waals surface area contributed by atoms with E-state index in [4.69, 9.17) is 9.84 Å². The number of aliphatic hydroxyl groups is 1. The summed E-state index contributed by atoms with van der Waals surface area (Å²) in [5.74, 6) is 0.355. The van der Waals surface area contributed by atoms with E-state index in [9.17, 15) is 4.79 Å². The van der Waals surface area contributed by atoms with Crippen LogP contribution >= 0.6 is 0 Å². The first kappa shape index (κ1) is 9.12. The molecule has 13 heavy (non-hydrogen) atoms. The average molecular weight is 185 g/mol. The number of ketones is 1. The summed E-state index contributed by atoms with van der Waals surface area (Å²) in [7, 11) is 0. The Labute approximate surface area is 77.5 Å². The number of carbonyl (C=O) groups excluding carboxylic acids is 1. The molecule has 4 heteroatoms. The lowest BCUT2D eigenvalue weighted by Gasteiger charge is -2.38. The Hall–Kier alpha value is -0.450. The predicted octanol–water partition coefficient (Wildman–Crippen LogP) is -0.732. The van der Waals surface area contributed by atoms with Gasteiger partial charge in [0.05, 0.1) is 25.2 Å². The van der Waals surface area contributed by atoms with Crippen LogP contribution in [0.25, 0.3) is 0 Å². The standard InChI is InChI=1S/C9H15NO3/c11-8-4-10(5-8)3-7-6-13-2-1-9(7)12/h7-8,11H,1-6H2. The lowest BCUT2D eigenvalue weighted by Crippen LogP contribution is -2.53. The molecule has 0 amide bonds. The quantitative estimate of drug-likeness (QED) is 0.616. The lowest BCUT2D eigenvalue weighted by molar-refractivity contribution is -0.133.